The van der Waals surface area contributed by atoms with Crippen LogP contribution in [0.1, 0.15) is 19.0 Å². The predicted octanol–water partition coefficient (Wildman–Crippen LogP) is 3.38. The lowest BCUT2D eigenvalue weighted by Gasteiger charge is -2.07. The van der Waals surface area contributed by atoms with Gasteiger partial charge in [0.2, 0.25) is 5.95 Å². The number of hydrogen-bond donors (Lipinski definition) is 1. The fourth-order valence-corrected chi connectivity index (χ4v) is 2.58. The van der Waals surface area contributed by atoms with Crippen LogP contribution in [0, 0.1) is 0 Å². The lowest BCUT2D eigenvalue weighted by atomic mass is 10.1. The zero-order chi connectivity index (χ0) is 14.8. The van der Waals surface area contributed by atoms with Crippen molar-refractivity contribution in [1.29, 1.82) is 0 Å². The molecule has 0 aliphatic carbocycles. The van der Waals surface area contributed by atoms with E-state index in [1.807, 2.05) is 18.2 Å². The monoisotopic (exact) mass is 343 g/mol. The van der Waals surface area contributed by atoms with E-state index >= 15 is 0 Å². The second-order valence-electron chi connectivity index (χ2n) is 4.73. The quantitative estimate of drug-likeness (QED) is 0.788. The summed E-state index contributed by atoms with van der Waals surface area (Å²) in [4.78, 5) is 17.5. The van der Waals surface area contributed by atoms with Crippen molar-refractivity contribution in [1.82, 2.24) is 19.9 Å². The summed E-state index contributed by atoms with van der Waals surface area (Å²) in [6.07, 6.45) is 5.35. The van der Waals surface area contributed by atoms with Crippen LogP contribution < -0.4 is 5.73 Å². The minimum absolute atomic E-state index is 0.296. The number of nitrogens with zero attached hydrogens (tertiary/aromatic N) is 4. The van der Waals surface area contributed by atoms with Gasteiger partial charge in [0.1, 0.15) is 5.52 Å². The van der Waals surface area contributed by atoms with Crippen molar-refractivity contribution in [3.05, 3.63) is 40.8 Å². The third kappa shape index (κ3) is 2.85. The molecule has 3 heterocycles. The number of anilines is 1. The predicted molar refractivity (Wildman–Crippen MR) is 86.7 cm³/mol. The zero-order valence-electron chi connectivity index (χ0n) is 11.5. The number of halogens is 1. The second kappa shape index (κ2) is 5.73. The number of nitrogen functional groups attached to an aromatic ring is 1. The average molecular weight is 344 g/mol. The number of aryl methyl sites for hydroxylation is 1. The van der Waals surface area contributed by atoms with Gasteiger partial charge in [0.05, 0.1) is 16.9 Å². The lowest BCUT2D eigenvalue weighted by Crippen LogP contribution is -2.02. The van der Waals surface area contributed by atoms with Crippen LogP contribution >= 0.6 is 15.9 Å². The molecule has 3 rings (SSSR count). The third-order valence-electron chi connectivity index (χ3n) is 3.12. The maximum absolute atomic E-state index is 5.76. The highest BCUT2D eigenvalue weighted by atomic mass is 79.9. The van der Waals surface area contributed by atoms with E-state index in [2.05, 4.69) is 37.8 Å². The topological polar surface area (TPSA) is 77.6 Å². The summed E-state index contributed by atoms with van der Waals surface area (Å²) < 4.78 is 0.921. The Balaban J connectivity index is 2.19. The SMILES string of the molecule is CCCc1nc(N)nc2ccc(-c3cncc(Br)c3)nc12. The van der Waals surface area contributed by atoms with E-state index in [9.17, 15) is 0 Å². The number of nitrogens with two attached hydrogens (primary N) is 1. The average Bonchev–Trinajstić information content (AvgIpc) is 2.47. The molecule has 0 aliphatic heterocycles. The molecule has 21 heavy (non-hydrogen) atoms. The molecule has 0 spiro atoms. The molecular weight excluding hydrogens is 330 g/mol. The van der Waals surface area contributed by atoms with Crippen LogP contribution in [0.5, 0.6) is 0 Å². The number of aromatic nitrogens is 4. The highest BCUT2D eigenvalue weighted by molar-refractivity contribution is 9.10. The van der Waals surface area contributed by atoms with E-state index < -0.39 is 0 Å². The Morgan fingerprint density at radius 3 is 2.76 bits per heavy atom. The van der Waals surface area contributed by atoms with Crippen molar-refractivity contribution < 1.29 is 0 Å². The molecule has 0 fully saturated rings. The van der Waals surface area contributed by atoms with Crippen LogP contribution in [-0.4, -0.2) is 19.9 Å². The van der Waals surface area contributed by atoms with Crippen molar-refractivity contribution >= 4 is 32.9 Å². The molecule has 0 atom stereocenters. The van der Waals surface area contributed by atoms with Gasteiger partial charge in [-0.1, -0.05) is 13.3 Å². The Bertz CT molecular complexity index is 803. The lowest BCUT2D eigenvalue weighted by molar-refractivity contribution is 0.885. The van der Waals surface area contributed by atoms with Crippen molar-refractivity contribution in [2.24, 2.45) is 0 Å². The van der Waals surface area contributed by atoms with E-state index in [4.69, 9.17) is 10.7 Å². The summed E-state index contributed by atoms with van der Waals surface area (Å²) in [7, 11) is 0. The van der Waals surface area contributed by atoms with E-state index in [1.54, 1.807) is 12.4 Å². The molecule has 3 aromatic rings. The standard InChI is InChI=1S/C15H14BrN5/c1-2-3-12-14-13(21-15(17)20-12)5-4-11(19-14)9-6-10(16)8-18-7-9/h4-8H,2-3H2,1H3,(H2,17,20,21). The van der Waals surface area contributed by atoms with Crippen molar-refractivity contribution in [2.75, 3.05) is 5.73 Å². The highest BCUT2D eigenvalue weighted by Gasteiger charge is 2.09. The Labute approximate surface area is 130 Å². The summed E-state index contributed by atoms with van der Waals surface area (Å²) >= 11 is 3.43. The van der Waals surface area contributed by atoms with E-state index in [-0.39, 0.29) is 0 Å². The first kappa shape index (κ1) is 13.9. The Morgan fingerprint density at radius 2 is 2.00 bits per heavy atom. The molecular formula is C15H14BrN5. The summed E-state index contributed by atoms with van der Waals surface area (Å²) in [5, 5.41) is 0. The molecule has 6 heteroatoms. The molecule has 0 unspecified atom stereocenters. The number of pyridine rings is 2. The van der Waals surface area contributed by atoms with Crippen LogP contribution in [0.2, 0.25) is 0 Å². The van der Waals surface area contributed by atoms with Gasteiger partial charge in [0, 0.05) is 22.4 Å². The maximum Gasteiger partial charge on any atom is 0.220 e. The smallest absolute Gasteiger partial charge is 0.220 e. The van der Waals surface area contributed by atoms with Crippen molar-refractivity contribution in [2.45, 2.75) is 19.8 Å². The van der Waals surface area contributed by atoms with Crippen LogP contribution in [0.25, 0.3) is 22.3 Å². The Morgan fingerprint density at radius 1 is 1.14 bits per heavy atom. The first-order chi connectivity index (χ1) is 10.2. The van der Waals surface area contributed by atoms with Crippen molar-refractivity contribution in [3.63, 3.8) is 0 Å². The second-order valence-corrected chi connectivity index (χ2v) is 5.65. The molecule has 3 aromatic heterocycles. The van der Waals surface area contributed by atoms with Crippen molar-refractivity contribution in [3.8, 4) is 11.3 Å². The molecule has 0 saturated carbocycles. The van der Waals surface area contributed by atoms with Crippen LogP contribution in [0.4, 0.5) is 5.95 Å². The van der Waals surface area contributed by atoms with Crippen LogP contribution in [-0.2, 0) is 6.42 Å². The first-order valence-corrected chi connectivity index (χ1v) is 7.50. The summed E-state index contributed by atoms with van der Waals surface area (Å²) in [6, 6.07) is 5.84. The van der Waals surface area contributed by atoms with E-state index in [0.29, 0.717) is 5.95 Å². The highest BCUT2D eigenvalue weighted by Crippen LogP contribution is 2.24. The minimum atomic E-state index is 0.296. The minimum Gasteiger partial charge on any atom is -0.368 e. The van der Waals surface area contributed by atoms with Gasteiger partial charge in [0.25, 0.3) is 0 Å². The maximum atomic E-state index is 5.76. The number of fused-ring (bicyclic) bond motifs is 1. The van der Waals surface area contributed by atoms with E-state index in [0.717, 1.165) is 45.3 Å². The van der Waals surface area contributed by atoms with Gasteiger partial charge >= 0.3 is 0 Å². The molecule has 0 radical (unpaired) electrons. The van der Waals surface area contributed by atoms with Gasteiger partial charge in [-0.25, -0.2) is 15.0 Å². The molecule has 0 bridgehead atoms. The van der Waals surface area contributed by atoms with Gasteiger partial charge in [-0.15, -0.1) is 0 Å². The third-order valence-corrected chi connectivity index (χ3v) is 3.55. The molecule has 2 N–H and O–H groups in total. The fourth-order valence-electron chi connectivity index (χ4n) is 2.22. The summed E-state index contributed by atoms with van der Waals surface area (Å²) in [5.74, 6) is 0.296. The first-order valence-electron chi connectivity index (χ1n) is 6.71. The zero-order valence-corrected chi connectivity index (χ0v) is 13.1. The molecule has 0 aromatic carbocycles. The van der Waals surface area contributed by atoms with Gasteiger partial charge in [-0.3, -0.25) is 4.98 Å². The Kier molecular flexibility index (Phi) is 3.79. The summed E-state index contributed by atoms with van der Waals surface area (Å²) in [5.41, 5.74) is 10.0. The molecule has 0 saturated heterocycles. The largest absolute Gasteiger partial charge is 0.368 e. The van der Waals surface area contributed by atoms with Crippen LogP contribution in [0.3, 0.4) is 0 Å². The van der Waals surface area contributed by atoms with Gasteiger partial charge < -0.3 is 5.73 Å². The number of hydrogen-bond acceptors (Lipinski definition) is 5. The Hall–Kier alpha value is -2.08. The van der Waals surface area contributed by atoms with E-state index in [1.165, 1.54) is 0 Å². The van der Waals surface area contributed by atoms with Gasteiger partial charge in [0.15, 0.2) is 0 Å². The number of rotatable bonds is 3. The molecule has 106 valence electrons. The molecule has 0 amide bonds. The summed E-state index contributed by atoms with van der Waals surface area (Å²) in [6.45, 7) is 2.10. The van der Waals surface area contributed by atoms with Gasteiger partial charge in [-0.05, 0) is 40.5 Å². The van der Waals surface area contributed by atoms with Crippen LogP contribution in [0.15, 0.2) is 35.1 Å². The molecule has 0 aliphatic rings. The fraction of sp³-hybridized carbons (Fsp3) is 0.200. The molecule has 5 nitrogen and oxygen atoms in total. The normalized spacial score (nSPS) is 11.0. The van der Waals surface area contributed by atoms with Gasteiger partial charge in [-0.2, -0.15) is 0 Å².